The summed E-state index contributed by atoms with van der Waals surface area (Å²) in [5.41, 5.74) is 2.76. The highest BCUT2D eigenvalue weighted by Crippen LogP contribution is 2.45. The van der Waals surface area contributed by atoms with Gasteiger partial charge in [0.2, 0.25) is 5.91 Å². The zero-order chi connectivity index (χ0) is 22.7. The van der Waals surface area contributed by atoms with Crippen LogP contribution in [-0.2, 0) is 14.3 Å². The van der Waals surface area contributed by atoms with Crippen molar-refractivity contribution in [3.63, 3.8) is 0 Å². The van der Waals surface area contributed by atoms with Crippen molar-refractivity contribution in [2.45, 2.75) is 46.3 Å². The number of amides is 1. The number of benzene rings is 1. The average Bonchev–Trinajstić information content (AvgIpc) is 3.13. The standard InChI is InChI=1S/C23H29N3O4S/c1-7-25(5)19(27)12-17-13-31-23-24-15(4)20(22(28)30-14(2)3)21(26(17)23)16-9-8-10-18(11-16)29-6/h8-11,13-14,21H,7,12H2,1-6H3. The summed E-state index contributed by atoms with van der Waals surface area (Å²) in [7, 11) is 3.39. The van der Waals surface area contributed by atoms with Crippen LogP contribution in [0.25, 0.3) is 0 Å². The number of allylic oxidation sites excluding steroid dienone is 1. The van der Waals surface area contributed by atoms with Crippen molar-refractivity contribution >= 4 is 28.8 Å². The van der Waals surface area contributed by atoms with E-state index >= 15 is 0 Å². The molecule has 0 saturated heterocycles. The Morgan fingerprint density at radius 2 is 2.06 bits per heavy atom. The first-order valence-corrected chi connectivity index (χ1v) is 11.2. The molecule has 8 heteroatoms. The molecule has 0 bridgehead atoms. The highest BCUT2D eigenvalue weighted by Gasteiger charge is 2.41. The maximum Gasteiger partial charge on any atom is 0.338 e. The summed E-state index contributed by atoms with van der Waals surface area (Å²) >= 11 is 1.46. The summed E-state index contributed by atoms with van der Waals surface area (Å²) in [5.74, 6) is 0.295. The van der Waals surface area contributed by atoms with Crippen molar-refractivity contribution in [3.8, 4) is 5.75 Å². The lowest BCUT2D eigenvalue weighted by Gasteiger charge is -2.36. The largest absolute Gasteiger partial charge is 0.497 e. The van der Waals surface area contributed by atoms with E-state index in [1.807, 2.05) is 62.3 Å². The van der Waals surface area contributed by atoms with E-state index in [9.17, 15) is 9.59 Å². The zero-order valence-electron chi connectivity index (χ0n) is 18.8. The molecule has 0 N–H and O–H groups in total. The van der Waals surface area contributed by atoms with E-state index in [1.165, 1.54) is 11.8 Å². The fourth-order valence-electron chi connectivity index (χ4n) is 3.50. The average molecular weight is 444 g/mol. The second kappa shape index (κ2) is 9.60. The van der Waals surface area contributed by atoms with E-state index in [0.29, 0.717) is 23.6 Å². The van der Waals surface area contributed by atoms with Gasteiger partial charge in [0.05, 0.1) is 36.9 Å². The highest BCUT2D eigenvalue weighted by atomic mass is 32.2. The van der Waals surface area contributed by atoms with Gasteiger partial charge >= 0.3 is 5.97 Å². The molecule has 166 valence electrons. The van der Waals surface area contributed by atoms with E-state index in [4.69, 9.17) is 9.47 Å². The van der Waals surface area contributed by atoms with Gasteiger partial charge in [-0.05, 0) is 50.8 Å². The maximum atomic E-state index is 13.1. The van der Waals surface area contributed by atoms with Crippen molar-refractivity contribution in [2.75, 3.05) is 20.7 Å². The number of aliphatic imine (C=N–C) groups is 1. The molecule has 1 aromatic rings. The Hall–Kier alpha value is -2.74. The Labute approximate surface area is 187 Å². The quantitative estimate of drug-likeness (QED) is 0.591. The van der Waals surface area contributed by atoms with Crippen molar-refractivity contribution in [2.24, 2.45) is 4.99 Å². The second-order valence-corrected chi connectivity index (χ2v) is 8.54. The molecule has 2 aliphatic heterocycles. The molecule has 0 saturated carbocycles. The molecular formula is C23H29N3O4S. The number of esters is 1. The Morgan fingerprint density at radius 1 is 1.32 bits per heavy atom. The Bertz CT molecular complexity index is 967. The van der Waals surface area contributed by atoms with Crippen LogP contribution in [0.3, 0.4) is 0 Å². The van der Waals surface area contributed by atoms with Crippen LogP contribution in [0, 0.1) is 0 Å². The summed E-state index contributed by atoms with van der Waals surface area (Å²) in [6.45, 7) is 8.03. The fraction of sp³-hybridized carbons (Fsp3) is 0.435. The third-order valence-electron chi connectivity index (χ3n) is 5.21. The van der Waals surface area contributed by atoms with E-state index < -0.39 is 12.0 Å². The smallest absolute Gasteiger partial charge is 0.338 e. The van der Waals surface area contributed by atoms with E-state index in [-0.39, 0.29) is 18.4 Å². The first-order valence-electron chi connectivity index (χ1n) is 10.3. The molecule has 0 radical (unpaired) electrons. The van der Waals surface area contributed by atoms with Gasteiger partial charge in [-0.15, -0.1) is 0 Å². The molecule has 31 heavy (non-hydrogen) atoms. The minimum Gasteiger partial charge on any atom is -0.497 e. The summed E-state index contributed by atoms with van der Waals surface area (Å²) in [5, 5.41) is 2.69. The monoisotopic (exact) mass is 443 g/mol. The number of methoxy groups -OCH3 is 1. The summed E-state index contributed by atoms with van der Waals surface area (Å²) < 4.78 is 11.0. The van der Waals surface area contributed by atoms with Gasteiger partial charge < -0.3 is 19.3 Å². The molecule has 0 aromatic heterocycles. The van der Waals surface area contributed by atoms with Crippen molar-refractivity contribution < 1.29 is 19.1 Å². The van der Waals surface area contributed by atoms with Crippen molar-refractivity contribution in [3.05, 3.63) is 52.2 Å². The second-order valence-electron chi connectivity index (χ2n) is 7.71. The van der Waals surface area contributed by atoms with Gasteiger partial charge in [0.1, 0.15) is 5.75 Å². The van der Waals surface area contributed by atoms with Gasteiger partial charge in [-0.2, -0.15) is 0 Å². The van der Waals surface area contributed by atoms with Crippen LogP contribution in [0.4, 0.5) is 0 Å². The fourth-order valence-corrected chi connectivity index (χ4v) is 4.47. The summed E-state index contributed by atoms with van der Waals surface area (Å²) in [6.07, 6.45) is -0.0329. The molecule has 0 spiro atoms. The molecule has 2 heterocycles. The molecule has 1 unspecified atom stereocenters. The lowest BCUT2D eigenvalue weighted by molar-refractivity contribution is -0.143. The first kappa shape index (κ1) is 22.9. The van der Waals surface area contributed by atoms with Crippen LogP contribution in [0.5, 0.6) is 5.75 Å². The lowest BCUT2D eigenvalue weighted by atomic mass is 9.93. The van der Waals surface area contributed by atoms with Gasteiger partial charge in [0, 0.05) is 19.3 Å². The predicted octanol–water partition coefficient (Wildman–Crippen LogP) is 4.09. The zero-order valence-corrected chi connectivity index (χ0v) is 19.7. The summed E-state index contributed by atoms with van der Waals surface area (Å²) in [6, 6.07) is 7.15. The van der Waals surface area contributed by atoms with Crippen LogP contribution in [-0.4, -0.2) is 53.7 Å². The van der Waals surface area contributed by atoms with Gasteiger partial charge in [0.25, 0.3) is 0 Å². The van der Waals surface area contributed by atoms with Crippen LogP contribution in [0.15, 0.2) is 51.6 Å². The van der Waals surface area contributed by atoms with Gasteiger partial charge in [-0.1, -0.05) is 23.9 Å². The Balaban J connectivity index is 2.08. The van der Waals surface area contributed by atoms with Crippen molar-refractivity contribution in [1.29, 1.82) is 0 Å². The minimum atomic E-state index is -0.463. The molecule has 7 nitrogen and oxygen atoms in total. The van der Waals surface area contributed by atoms with Crippen molar-refractivity contribution in [1.82, 2.24) is 9.80 Å². The number of hydrogen-bond donors (Lipinski definition) is 0. The number of nitrogens with zero attached hydrogens (tertiary/aromatic N) is 3. The van der Waals surface area contributed by atoms with Crippen LogP contribution in [0.1, 0.15) is 45.7 Å². The molecule has 1 amide bonds. The lowest BCUT2D eigenvalue weighted by Crippen LogP contribution is -2.38. The van der Waals surface area contributed by atoms with Crippen LogP contribution in [0.2, 0.25) is 0 Å². The molecule has 0 aliphatic carbocycles. The molecule has 0 fully saturated rings. The molecule has 2 aliphatic rings. The Kier molecular flexibility index (Phi) is 7.10. The van der Waals surface area contributed by atoms with Gasteiger partial charge in [-0.3, -0.25) is 4.79 Å². The third kappa shape index (κ3) is 4.79. The summed E-state index contributed by atoms with van der Waals surface area (Å²) in [4.78, 5) is 34.1. The number of amidine groups is 1. The van der Waals surface area contributed by atoms with Crippen LogP contribution >= 0.6 is 11.8 Å². The molecular weight excluding hydrogens is 414 g/mol. The van der Waals surface area contributed by atoms with Gasteiger partial charge in [0.15, 0.2) is 5.17 Å². The minimum absolute atomic E-state index is 0.0116. The number of ether oxygens (including phenoxy) is 2. The van der Waals surface area contributed by atoms with E-state index in [2.05, 4.69) is 4.99 Å². The molecule has 1 aromatic carbocycles. The van der Waals surface area contributed by atoms with Crippen LogP contribution < -0.4 is 4.74 Å². The number of carbonyl (C=O) groups excluding carboxylic acids is 2. The molecule has 3 rings (SSSR count). The molecule has 1 atom stereocenters. The Morgan fingerprint density at radius 3 is 2.71 bits per heavy atom. The SMILES string of the molecule is CCN(C)C(=O)CC1=CSC2=NC(C)=C(C(=O)OC(C)C)C(c3cccc(OC)c3)N12. The maximum absolute atomic E-state index is 13.1. The highest BCUT2D eigenvalue weighted by molar-refractivity contribution is 8.16. The predicted molar refractivity (Wildman–Crippen MR) is 123 cm³/mol. The first-order chi connectivity index (χ1) is 14.8. The topological polar surface area (TPSA) is 71.4 Å². The normalized spacial score (nSPS) is 17.9. The number of hydrogen-bond acceptors (Lipinski definition) is 7. The van der Waals surface area contributed by atoms with E-state index in [1.54, 1.807) is 19.1 Å². The number of carbonyl (C=O) groups is 2. The van der Waals surface area contributed by atoms with Gasteiger partial charge in [-0.25, -0.2) is 9.79 Å². The number of fused-ring (bicyclic) bond motifs is 1. The third-order valence-corrected chi connectivity index (χ3v) is 6.09. The van der Waals surface area contributed by atoms with E-state index in [0.717, 1.165) is 16.4 Å². The number of rotatable bonds is 7. The number of thioether (sulfide) groups is 1.